The highest BCUT2D eigenvalue weighted by Gasteiger charge is 2.31. The first-order chi connectivity index (χ1) is 13.1. The van der Waals surface area contributed by atoms with Crippen molar-refractivity contribution < 1.29 is 9.53 Å². The number of carbonyl (C=O) groups is 1. The molecule has 6 heteroatoms. The maximum atomic E-state index is 12.9. The Bertz CT molecular complexity index is 653. The second-order valence-electron chi connectivity index (χ2n) is 8.22. The molecule has 0 unspecified atom stereocenters. The Balaban J connectivity index is 1.42. The van der Waals surface area contributed by atoms with Gasteiger partial charge in [-0.3, -0.25) is 4.90 Å². The van der Waals surface area contributed by atoms with E-state index < -0.39 is 0 Å². The Morgan fingerprint density at radius 1 is 1.04 bits per heavy atom. The van der Waals surface area contributed by atoms with Crippen molar-refractivity contribution in [3.63, 3.8) is 0 Å². The van der Waals surface area contributed by atoms with Crippen LogP contribution in [0.3, 0.4) is 0 Å². The van der Waals surface area contributed by atoms with E-state index in [0.29, 0.717) is 0 Å². The van der Waals surface area contributed by atoms with Crippen LogP contribution in [0, 0.1) is 0 Å². The lowest BCUT2D eigenvalue weighted by Gasteiger charge is -2.37. The molecular weight excluding hydrogens is 340 g/mol. The van der Waals surface area contributed by atoms with Gasteiger partial charge in [0.25, 0.3) is 0 Å². The molecule has 1 aromatic carbocycles. The zero-order valence-corrected chi connectivity index (χ0v) is 16.6. The maximum Gasteiger partial charge on any atom is 0.321 e. The third-order valence-electron chi connectivity index (χ3n) is 5.79. The largest absolute Gasteiger partial charge is 0.372 e. The average Bonchev–Trinajstić information content (AvgIpc) is 3.47. The monoisotopic (exact) mass is 372 g/mol. The number of amides is 2. The molecule has 4 rings (SSSR count). The number of hydrogen-bond donors (Lipinski definition) is 1. The topological polar surface area (TPSA) is 48.1 Å². The summed E-state index contributed by atoms with van der Waals surface area (Å²) in [6.45, 7) is 9.67. The maximum absolute atomic E-state index is 12.9. The van der Waals surface area contributed by atoms with Crippen molar-refractivity contribution in [3.05, 3.63) is 24.3 Å². The first-order valence-electron chi connectivity index (χ1n) is 10.4. The first-order valence-corrected chi connectivity index (χ1v) is 10.4. The summed E-state index contributed by atoms with van der Waals surface area (Å²) in [6.07, 6.45) is 4.10. The van der Waals surface area contributed by atoms with Gasteiger partial charge < -0.3 is 19.9 Å². The van der Waals surface area contributed by atoms with Crippen LogP contribution in [-0.4, -0.2) is 73.3 Å². The van der Waals surface area contributed by atoms with E-state index in [-0.39, 0.29) is 18.2 Å². The zero-order valence-electron chi connectivity index (χ0n) is 16.6. The Kier molecular flexibility index (Phi) is 5.55. The van der Waals surface area contributed by atoms with E-state index in [0.717, 1.165) is 63.1 Å². The van der Waals surface area contributed by atoms with Gasteiger partial charge in [0.15, 0.2) is 0 Å². The summed E-state index contributed by atoms with van der Waals surface area (Å²) in [4.78, 5) is 19.8. The third kappa shape index (κ3) is 4.55. The zero-order chi connectivity index (χ0) is 18.8. The van der Waals surface area contributed by atoms with Gasteiger partial charge >= 0.3 is 6.03 Å². The molecule has 0 radical (unpaired) electrons. The third-order valence-corrected chi connectivity index (χ3v) is 5.79. The number of hydrogen-bond acceptors (Lipinski definition) is 4. The van der Waals surface area contributed by atoms with Crippen molar-refractivity contribution in [2.24, 2.45) is 0 Å². The number of urea groups is 1. The molecule has 27 heavy (non-hydrogen) atoms. The van der Waals surface area contributed by atoms with Gasteiger partial charge in [0.1, 0.15) is 0 Å². The molecule has 2 amide bonds. The van der Waals surface area contributed by atoms with Crippen LogP contribution in [-0.2, 0) is 4.74 Å². The van der Waals surface area contributed by atoms with Crippen LogP contribution < -0.4 is 10.2 Å². The minimum atomic E-state index is 0.0226. The number of benzene rings is 1. The van der Waals surface area contributed by atoms with Crippen molar-refractivity contribution in [2.45, 2.75) is 51.4 Å². The molecule has 0 bridgehead atoms. The van der Waals surface area contributed by atoms with Crippen LogP contribution in [0.25, 0.3) is 0 Å². The van der Waals surface area contributed by atoms with Gasteiger partial charge in [0, 0.05) is 45.3 Å². The normalized spacial score (nSPS) is 27.3. The Labute approximate surface area is 162 Å². The molecule has 148 valence electrons. The van der Waals surface area contributed by atoms with E-state index in [9.17, 15) is 4.79 Å². The average molecular weight is 373 g/mol. The lowest BCUT2D eigenvalue weighted by Crippen LogP contribution is -2.46. The summed E-state index contributed by atoms with van der Waals surface area (Å²) in [7, 11) is 0. The first kappa shape index (κ1) is 18.6. The molecule has 2 heterocycles. The number of ether oxygens (including phenoxy) is 1. The standard InChI is InChI=1S/C21H32N4O2/c1-16-14-25(15-17(2)27-16)20-7-4-3-6-19(20)22-21(26)24-11-5-10-23(12-13-24)18-8-9-18/h3-4,6-7,16-18H,5,8-15H2,1-2H3,(H,22,26)/t16-,17-/m1/s1. The summed E-state index contributed by atoms with van der Waals surface area (Å²) in [5.74, 6) is 0. The quantitative estimate of drug-likeness (QED) is 0.886. The van der Waals surface area contributed by atoms with Gasteiger partial charge in [-0.05, 0) is 45.2 Å². The summed E-state index contributed by atoms with van der Waals surface area (Å²) in [5, 5.41) is 3.18. The van der Waals surface area contributed by atoms with Crippen LogP contribution in [0.4, 0.5) is 16.2 Å². The number of carbonyl (C=O) groups excluding carboxylic acids is 1. The number of morpholine rings is 1. The number of nitrogens with one attached hydrogen (secondary N) is 1. The number of nitrogens with zero attached hydrogens (tertiary/aromatic N) is 3. The highest BCUT2D eigenvalue weighted by Crippen LogP contribution is 2.30. The lowest BCUT2D eigenvalue weighted by molar-refractivity contribution is -0.00517. The van der Waals surface area contributed by atoms with Crippen molar-refractivity contribution in [1.82, 2.24) is 9.80 Å². The molecule has 1 N–H and O–H groups in total. The van der Waals surface area contributed by atoms with Crippen molar-refractivity contribution >= 4 is 17.4 Å². The molecular formula is C21H32N4O2. The molecule has 2 saturated heterocycles. The van der Waals surface area contributed by atoms with Gasteiger partial charge in [0.05, 0.1) is 23.6 Å². The lowest BCUT2D eigenvalue weighted by atomic mass is 10.1. The molecule has 3 fully saturated rings. The molecule has 0 spiro atoms. The highest BCUT2D eigenvalue weighted by molar-refractivity contribution is 5.93. The van der Waals surface area contributed by atoms with Gasteiger partial charge in [0.2, 0.25) is 0 Å². The summed E-state index contributed by atoms with van der Waals surface area (Å²) in [5.41, 5.74) is 1.98. The molecule has 2 aliphatic heterocycles. The minimum Gasteiger partial charge on any atom is -0.372 e. The van der Waals surface area contributed by atoms with Gasteiger partial charge in [-0.2, -0.15) is 0 Å². The predicted molar refractivity (Wildman–Crippen MR) is 108 cm³/mol. The van der Waals surface area contributed by atoms with E-state index >= 15 is 0 Å². The van der Waals surface area contributed by atoms with Gasteiger partial charge in [-0.15, -0.1) is 0 Å². The second-order valence-corrected chi connectivity index (χ2v) is 8.22. The predicted octanol–water partition coefficient (Wildman–Crippen LogP) is 3.00. The van der Waals surface area contributed by atoms with Crippen molar-refractivity contribution in [1.29, 1.82) is 0 Å². The van der Waals surface area contributed by atoms with E-state index in [2.05, 4.69) is 35.0 Å². The fourth-order valence-electron chi connectivity index (χ4n) is 4.37. The number of anilines is 2. The van der Waals surface area contributed by atoms with Crippen LogP contribution in [0.2, 0.25) is 0 Å². The molecule has 6 nitrogen and oxygen atoms in total. The fourth-order valence-corrected chi connectivity index (χ4v) is 4.37. The highest BCUT2D eigenvalue weighted by atomic mass is 16.5. The van der Waals surface area contributed by atoms with E-state index in [1.807, 2.05) is 23.1 Å². The smallest absolute Gasteiger partial charge is 0.321 e. The second kappa shape index (κ2) is 8.07. The molecule has 0 aromatic heterocycles. The number of para-hydroxylation sites is 2. The molecule has 1 aromatic rings. The number of rotatable bonds is 3. The molecule has 1 aliphatic carbocycles. The summed E-state index contributed by atoms with van der Waals surface area (Å²) >= 11 is 0. The van der Waals surface area contributed by atoms with Crippen LogP contribution in [0.1, 0.15) is 33.1 Å². The SMILES string of the molecule is C[C@@H]1CN(c2ccccc2NC(=O)N2CCCN(C3CC3)CC2)C[C@@H](C)O1. The van der Waals surface area contributed by atoms with Gasteiger partial charge in [-0.25, -0.2) is 4.79 Å². The van der Waals surface area contributed by atoms with E-state index in [1.165, 1.54) is 12.8 Å². The Hall–Kier alpha value is -1.79. The minimum absolute atomic E-state index is 0.0226. The van der Waals surface area contributed by atoms with E-state index in [1.54, 1.807) is 0 Å². The van der Waals surface area contributed by atoms with E-state index in [4.69, 9.17) is 4.74 Å². The Morgan fingerprint density at radius 2 is 1.78 bits per heavy atom. The fraction of sp³-hybridized carbons (Fsp3) is 0.667. The summed E-state index contributed by atoms with van der Waals surface area (Å²) in [6, 6.07) is 8.93. The summed E-state index contributed by atoms with van der Waals surface area (Å²) < 4.78 is 5.86. The molecule has 3 aliphatic rings. The van der Waals surface area contributed by atoms with Crippen LogP contribution in [0.15, 0.2) is 24.3 Å². The Morgan fingerprint density at radius 3 is 2.52 bits per heavy atom. The van der Waals surface area contributed by atoms with Crippen molar-refractivity contribution in [2.75, 3.05) is 49.5 Å². The molecule has 1 saturated carbocycles. The van der Waals surface area contributed by atoms with Crippen LogP contribution in [0.5, 0.6) is 0 Å². The van der Waals surface area contributed by atoms with Crippen molar-refractivity contribution in [3.8, 4) is 0 Å². The van der Waals surface area contributed by atoms with Gasteiger partial charge in [-0.1, -0.05) is 12.1 Å². The van der Waals surface area contributed by atoms with Crippen LogP contribution >= 0.6 is 0 Å². The molecule has 2 atom stereocenters.